The summed E-state index contributed by atoms with van der Waals surface area (Å²) in [4.78, 5) is 15.4. The van der Waals surface area contributed by atoms with Gasteiger partial charge in [-0.3, -0.25) is 0 Å². The molecule has 1 aliphatic rings. The highest BCUT2D eigenvalue weighted by atomic mass is 16.2. The predicted octanol–water partition coefficient (Wildman–Crippen LogP) is 1.68. The Morgan fingerprint density at radius 2 is 2.07 bits per heavy atom. The van der Waals surface area contributed by atoms with Crippen molar-refractivity contribution in [1.29, 1.82) is 5.26 Å². The normalized spacial score (nSPS) is 18.1. The van der Waals surface area contributed by atoms with Gasteiger partial charge in [-0.2, -0.15) is 5.26 Å². The van der Waals surface area contributed by atoms with Crippen LogP contribution in [0.2, 0.25) is 0 Å². The summed E-state index contributed by atoms with van der Waals surface area (Å²) < 4.78 is 0. The van der Waals surface area contributed by atoms with Crippen molar-refractivity contribution in [1.82, 2.24) is 9.80 Å². The summed E-state index contributed by atoms with van der Waals surface area (Å²) in [5.41, 5.74) is 0. The lowest BCUT2D eigenvalue weighted by atomic mass is 10.1. The monoisotopic (exact) mass is 209 g/mol. The first kappa shape index (κ1) is 11.8. The van der Waals surface area contributed by atoms with Gasteiger partial charge in [-0.1, -0.05) is 0 Å². The Morgan fingerprint density at radius 3 is 2.60 bits per heavy atom. The van der Waals surface area contributed by atoms with Gasteiger partial charge in [0, 0.05) is 26.7 Å². The van der Waals surface area contributed by atoms with Crippen LogP contribution in [-0.4, -0.2) is 42.5 Å². The highest BCUT2D eigenvalue weighted by Crippen LogP contribution is 2.11. The Hall–Kier alpha value is -1.24. The van der Waals surface area contributed by atoms with E-state index in [1.807, 2.05) is 11.8 Å². The van der Waals surface area contributed by atoms with Gasteiger partial charge in [0.2, 0.25) is 0 Å². The van der Waals surface area contributed by atoms with Crippen LogP contribution in [0.3, 0.4) is 0 Å². The van der Waals surface area contributed by atoms with Gasteiger partial charge in [-0.15, -0.1) is 0 Å². The van der Waals surface area contributed by atoms with Crippen molar-refractivity contribution in [2.45, 2.75) is 26.2 Å². The molecule has 15 heavy (non-hydrogen) atoms. The minimum absolute atomic E-state index is 0.0665. The highest BCUT2D eigenvalue weighted by Gasteiger charge is 2.20. The minimum Gasteiger partial charge on any atom is -0.326 e. The van der Waals surface area contributed by atoms with Gasteiger partial charge in [-0.05, 0) is 26.2 Å². The Bertz CT molecular complexity index is 253. The zero-order valence-corrected chi connectivity index (χ0v) is 9.57. The van der Waals surface area contributed by atoms with Crippen molar-refractivity contribution in [2.24, 2.45) is 5.92 Å². The summed E-state index contributed by atoms with van der Waals surface area (Å²) in [5.74, 6) is -0.0938. The second-order valence-electron chi connectivity index (χ2n) is 4.24. The van der Waals surface area contributed by atoms with E-state index < -0.39 is 0 Å². The molecule has 2 amide bonds. The summed E-state index contributed by atoms with van der Waals surface area (Å²) in [6.07, 6.45) is 3.43. The molecule has 1 rings (SSSR count). The zero-order chi connectivity index (χ0) is 11.3. The lowest BCUT2D eigenvalue weighted by molar-refractivity contribution is 0.150. The van der Waals surface area contributed by atoms with Gasteiger partial charge in [0.1, 0.15) is 0 Å². The third-order valence-corrected chi connectivity index (χ3v) is 2.72. The van der Waals surface area contributed by atoms with Crippen molar-refractivity contribution in [2.75, 3.05) is 26.7 Å². The van der Waals surface area contributed by atoms with E-state index in [-0.39, 0.29) is 11.9 Å². The van der Waals surface area contributed by atoms with Crippen LogP contribution in [0.5, 0.6) is 0 Å². The first-order chi connectivity index (χ1) is 7.15. The van der Waals surface area contributed by atoms with E-state index in [1.165, 1.54) is 6.42 Å². The molecule has 0 spiro atoms. The molecule has 1 atom stereocenters. The number of rotatable bonds is 2. The standard InChI is InChI=1S/C11H19N3O/c1-10(8-12)9-13(2)11(15)14-6-4-3-5-7-14/h10H,3-7,9H2,1-2H3. The number of hydrogen-bond acceptors (Lipinski definition) is 2. The van der Waals surface area contributed by atoms with Gasteiger partial charge in [0.05, 0.1) is 12.0 Å². The van der Waals surface area contributed by atoms with E-state index in [0.717, 1.165) is 25.9 Å². The maximum Gasteiger partial charge on any atom is 0.319 e. The SMILES string of the molecule is CC(C#N)CN(C)C(=O)N1CCCCC1. The average Bonchev–Trinajstić information content (AvgIpc) is 2.29. The number of urea groups is 1. The predicted molar refractivity (Wildman–Crippen MR) is 58.2 cm³/mol. The first-order valence-electron chi connectivity index (χ1n) is 5.55. The molecule has 4 heteroatoms. The van der Waals surface area contributed by atoms with Crippen LogP contribution in [-0.2, 0) is 0 Å². The molecule has 0 aromatic rings. The van der Waals surface area contributed by atoms with Crippen LogP contribution in [0.15, 0.2) is 0 Å². The number of piperidine rings is 1. The fourth-order valence-electron chi connectivity index (χ4n) is 1.86. The molecule has 0 N–H and O–H groups in total. The number of amides is 2. The van der Waals surface area contributed by atoms with E-state index in [9.17, 15) is 4.79 Å². The topological polar surface area (TPSA) is 47.3 Å². The molecule has 1 heterocycles. The summed E-state index contributed by atoms with van der Waals surface area (Å²) in [6, 6.07) is 2.21. The molecule has 0 aliphatic carbocycles. The molecular weight excluding hydrogens is 190 g/mol. The van der Waals surface area contributed by atoms with Crippen LogP contribution < -0.4 is 0 Å². The van der Waals surface area contributed by atoms with Crippen molar-refractivity contribution in [3.05, 3.63) is 0 Å². The lowest BCUT2D eigenvalue weighted by Crippen LogP contribution is -2.44. The largest absolute Gasteiger partial charge is 0.326 e. The maximum absolute atomic E-state index is 11.9. The van der Waals surface area contributed by atoms with Crippen molar-refractivity contribution in [3.8, 4) is 6.07 Å². The van der Waals surface area contributed by atoms with Crippen molar-refractivity contribution in [3.63, 3.8) is 0 Å². The minimum atomic E-state index is -0.0938. The van der Waals surface area contributed by atoms with Crippen LogP contribution >= 0.6 is 0 Å². The van der Waals surface area contributed by atoms with Gasteiger partial charge in [0.15, 0.2) is 0 Å². The molecule has 1 aliphatic heterocycles. The van der Waals surface area contributed by atoms with Crippen molar-refractivity contribution < 1.29 is 4.79 Å². The molecule has 0 aromatic heterocycles. The third kappa shape index (κ3) is 3.43. The fraction of sp³-hybridized carbons (Fsp3) is 0.818. The fourth-order valence-corrected chi connectivity index (χ4v) is 1.86. The van der Waals surface area contributed by atoms with Crippen LogP contribution in [0.25, 0.3) is 0 Å². The maximum atomic E-state index is 11.9. The third-order valence-electron chi connectivity index (χ3n) is 2.72. The first-order valence-corrected chi connectivity index (χ1v) is 5.55. The smallest absolute Gasteiger partial charge is 0.319 e. The zero-order valence-electron chi connectivity index (χ0n) is 9.57. The number of carbonyl (C=O) groups excluding carboxylic acids is 1. The quantitative estimate of drug-likeness (QED) is 0.694. The van der Waals surface area contributed by atoms with E-state index in [2.05, 4.69) is 6.07 Å². The number of carbonyl (C=O) groups is 1. The Morgan fingerprint density at radius 1 is 1.47 bits per heavy atom. The molecule has 0 aromatic carbocycles. The molecular formula is C11H19N3O. The Labute approximate surface area is 91.5 Å². The lowest BCUT2D eigenvalue weighted by Gasteiger charge is -2.31. The summed E-state index contributed by atoms with van der Waals surface area (Å²) in [7, 11) is 1.77. The molecule has 84 valence electrons. The second-order valence-corrected chi connectivity index (χ2v) is 4.24. The number of nitriles is 1. The Kier molecular flexibility index (Phi) is 4.41. The number of likely N-dealkylation sites (tertiary alicyclic amines) is 1. The van der Waals surface area contributed by atoms with Crippen LogP contribution in [0, 0.1) is 17.2 Å². The number of hydrogen-bond donors (Lipinski definition) is 0. The molecule has 0 saturated carbocycles. The van der Waals surface area contributed by atoms with E-state index >= 15 is 0 Å². The summed E-state index contributed by atoms with van der Waals surface area (Å²) in [5, 5.41) is 8.67. The van der Waals surface area contributed by atoms with E-state index in [1.54, 1.807) is 11.9 Å². The highest BCUT2D eigenvalue weighted by molar-refractivity contribution is 5.74. The van der Waals surface area contributed by atoms with Gasteiger partial charge < -0.3 is 9.80 Å². The molecule has 1 fully saturated rings. The van der Waals surface area contributed by atoms with Gasteiger partial charge in [0.25, 0.3) is 0 Å². The average molecular weight is 209 g/mol. The summed E-state index contributed by atoms with van der Waals surface area (Å²) in [6.45, 7) is 4.08. The van der Waals surface area contributed by atoms with Gasteiger partial charge in [-0.25, -0.2) is 4.79 Å². The van der Waals surface area contributed by atoms with E-state index in [0.29, 0.717) is 6.54 Å². The Balaban J connectivity index is 2.41. The molecule has 0 radical (unpaired) electrons. The summed E-state index contributed by atoms with van der Waals surface area (Å²) >= 11 is 0. The number of nitrogens with zero attached hydrogens (tertiary/aromatic N) is 3. The van der Waals surface area contributed by atoms with Crippen LogP contribution in [0.1, 0.15) is 26.2 Å². The van der Waals surface area contributed by atoms with Crippen LogP contribution in [0.4, 0.5) is 4.79 Å². The molecule has 1 unspecified atom stereocenters. The van der Waals surface area contributed by atoms with E-state index in [4.69, 9.17) is 5.26 Å². The molecule has 0 bridgehead atoms. The molecule has 1 saturated heterocycles. The van der Waals surface area contributed by atoms with Crippen molar-refractivity contribution >= 4 is 6.03 Å². The molecule has 4 nitrogen and oxygen atoms in total. The van der Waals surface area contributed by atoms with Gasteiger partial charge >= 0.3 is 6.03 Å². The second kappa shape index (κ2) is 5.59.